The van der Waals surface area contributed by atoms with Crippen LogP contribution in [-0.2, 0) is 0 Å². The Labute approximate surface area is 125 Å². The van der Waals surface area contributed by atoms with Crippen molar-refractivity contribution in [3.63, 3.8) is 0 Å². The molecule has 20 heavy (non-hydrogen) atoms. The summed E-state index contributed by atoms with van der Waals surface area (Å²) in [6, 6.07) is 7.67. The lowest BCUT2D eigenvalue weighted by atomic mass is 10.2. The number of rotatable bonds is 8. The summed E-state index contributed by atoms with van der Waals surface area (Å²) in [5, 5.41) is 18.0. The zero-order valence-corrected chi connectivity index (χ0v) is 12.7. The molecule has 1 unspecified atom stereocenters. The SMILES string of the molecule is CC(CCO)SCCOc1cccc(C#CCCO)c1. The van der Waals surface area contributed by atoms with Gasteiger partial charge in [0, 0.05) is 29.6 Å². The van der Waals surface area contributed by atoms with Gasteiger partial charge < -0.3 is 14.9 Å². The van der Waals surface area contributed by atoms with Crippen molar-refractivity contribution in [3.05, 3.63) is 29.8 Å². The summed E-state index contributed by atoms with van der Waals surface area (Å²) in [5.41, 5.74) is 0.900. The van der Waals surface area contributed by atoms with E-state index in [4.69, 9.17) is 14.9 Å². The molecule has 1 aromatic rings. The van der Waals surface area contributed by atoms with Crippen molar-refractivity contribution in [3.8, 4) is 17.6 Å². The summed E-state index contributed by atoms with van der Waals surface area (Å²) in [6.07, 6.45) is 1.31. The van der Waals surface area contributed by atoms with Crippen LogP contribution in [0.2, 0.25) is 0 Å². The highest BCUT2D eigenvalue weighted by molar-refractivity contribution is 7.99. The van der Waals surface area contributed by atoms with Crippen molar-refractivity contribution >= 4 is 11.8 Å². The van der Waals surface area contributed by atoms with E-state index in [1.54, 1.807) is 11.8 Å². The van der Waals surface area contributed by atoms with E-state index >= 15 is 0 Å². The second-order valence-corrected chi connectivity index (χ2v) is 5.89. The highest BCUT2D eigenvalue weighted by Gasteiger charge is 2.01. The van der Waals surface area contributed by atoms with Crippen molar-refractivity contribution in [2.75, 3.05) is 25.6 Å². The molecule has 0 amide bonds. The Morgan fingerprint density at radius 3 is 2.90 bits per heavy atom. The van der Waals surface area contributed by atoms with Crippen molar-refractivity contribution in [2.45, 2.75) is 25.0 Å². The van der Waals surface area contributed by atoms with E-state index in [0.29, 0.717) is 18.3 Å². The number of hydrogen-bond donors (Lipinski definition) is 2. The van der Waals surface area contributed by atoms with Crippen LogP contribution >= 0.6 is 11.8 Å². The van der Waals surface area contributed by atoms with E-state index in [1.807, 2.05) is 24.3 Å². The molecule has 0 aliphatic rings. The zero-order valence-electron chi connectivity index (χ0n) is 11.8. The Kier molecular flexibility index (Phi) is 8.97. The Hall–Kier alpha value is -1.15. The second-order valence-electron chi connectivity index (χ2n) is 4.35. The third-order valence-electron chi connectivity index (χ3n) is 2.59. The third kappa shape index (κ3) is 7.44. The first kappa shape index (κ1) is 16.9. The minimum Gasteiger partial charge on any atom is -0.493 e. The molecule has 0 bridgehead atoms. The highest BCUT2D eigenvalue weighted by Crippen LogP contribution is 2.16. The van der Waals surface area contributed by atoms with Gasteiger partial charge in [0.1, 0.15) is 5.75 Å². The minimum atomic E-state index is 0.0897. The van der Waals surface area contributed by atoms with E-state index in [9.17, 15) is 0 Å². The molecule has 0 fully saturated rings. The fourth-order valence-electron chi connectivity index (χ4n) is 1.56. The molecule has 0 spiro atoms. The van der Waals surface area contributed by atoms with Gasteiger partial charge in [0.05, 0.1) is 13.2 Å². The van der Waals surface area contributed by atoms with Crippen LogP contribution in [0.4, 0.5) is 0 Å². The summed E-state index contributed by atoms with van der Waals surface area (Å²) in [6.45, 7) is 3.09. The average molecular weight is 294 g/mol. The Morgan fingerprint density at radius 1 is 1.30 bits per heavy atom. The molecule has 1 rings (SSSR count). The number of hydrogen-bond acceptors (Lipinski definition) is 4. The van der Waals surface area contributed by atoms with Crippen LogP contribution in [0.5, 0.6) is 5.75 Å². The van der Waals surface area contributed by atoms with Gasteiger partial charge in [-0.3, -0.25) is 0 Å². The molecule has 0 saturated heterocycles. The lowest BCUT2D eigenvalue weighted by molar-refractivity contribution is 0.288. The molecule has 0 aliphatic carbocycles. The average Bonchev–Trinajstić information content (AvgIpc) is 2.45. The lowest BCUT2D eigenvalue weighted by Crippen LogP contribution is -2.06. The quantitative estimate of drug-likeness (QED) is 0.570. The van der Waals surface area contributed by atoms with E-state index in [-0.39, 0.29) is 13.2 Å². The van der Waals surface area contributed by atoms with Crippen LogP contribution in [0.3, 0.4) is 0 Å². The summed E-state index contributed by atoms with van der Waals surface area (Å²) in [5.74, 6) is 7.60. The summed E-state index contributed by atoms with van der Waals surface area (Å²) < 4.78 is 5.68. The largest absolute Gasteiger partial charge is 0.493 e. The molecule has 0 heterocycles. The van der Waals surface area contributed by atoms with E-state index in [1.165, 1.54) is 0 Å². The van der Waals surface area contributed by atoms with Crippen LogP contribution < -0.4 is 4.74 Å². The smallest absolute Gasteiger partial charge is 0.120 e. The van der Waals surface area contributed by atoms with Crippen molar-refractivity contribution in [2.24, 2.45) is 0 Å². The van der Waals surface area contributed by atoms with Gasteiger partial charge in [-0.25, -0.2) is 0 Å². The molecule has 3 nitrogen and oxygen atoms in total. The minimum absolute atomic E-state index is 0.0897. The number of thioether (sulfide) groups is 1. The van der Waals surface area contributed by atoms with Crippen molar-refractivity contribution in [1.82, 2.24) is 0 Å². The molecule has 2 N–H and O–H groups in total. The molecule has 4 heteroatoms. The first-order valence-corrected chi connectivity index (χ1v) is 7.86. The lowest BCUT2D eigenvalue weighted by Gasteiger charge is -2.10. The van der Waals surface area contributed by atoms with Crippen LogP contribution in [0.1, 0.15) is 25.3 Å². The van der Waals surface area contributed by atoms with E-state index in [2.05, 4.69) is 18.8 Å². The number of aliphatic hydroxyl groups is 2. The Bertz CT molecular complexity index is 437. The maximum Gasteiger partial charge on any atom is 0.120 e. The Balaban J connectivity index is 2.34. The predicted octanol–water partition coefficient (Wildman–Crippen LogP) is 2.30. The van der Waals surface area contributed by atoms with Crippen molar-refractivity contribution in [1.29, 1.82) is 0 Å². The van der Waals surface area contributed by atoms with E-state index < -0.39 is 0 Å². The standard InChI is InChI=1S/C16H22O3S/c1-14(8-10-18)20-12-11-19-16-7-4-6-15(13-16)5-2-3-9-17/h4,6-7,13-14,17-18H,3,8-12H2,1H3. The molecule has 110 valence electrons. The second kappa shape index (κ2) is 10.6. The summed E-state index contributed by atoms with van der Waals surface area (Å²) in [4.78, 5) is 0. The molecule has 0 aromatic heterocycles. The van der Waals surface area contributed by atoms with Crippen LogP contribution in [0, 0.1) is 11.8 Å². The normalized spacial score (nSPS) is 11.6. The summed E-state index contributed by atoms with van der Waals surface area (Å²) >= 11 is 1.80. The van der Waals surface area contributed by atoms with Crippen LogP contribution in [-0.4, -0.2) is 41.0 Å². The molecular formula is C16H22O3S. The molecular weight excluding hydrogens is 272 g/mol. The maximum atomic E-state index is 8.82. The van der Waals surface area contributed by atoms with Crippen molar-refractivity contribution < 1.29 is 14.9 Å². The molecule has 1 aromatic carbocycles. The highest BCUT2D eigenvalue weighted by atomic mass is 32.2. The number of aliphatic hydroxyl groups excluding tert-OH is 2. The van der Waals surface area contributed by atoms with Gasteiger partial charge in [-0.15, -0.1) is 0 Å². The van der Waals surface area contributed by atoms with Gasteiger partial charge in [0.25, 0.3) is 0 Å². The number of benzene rings is 1. The van der Waals surface area contributed by atoms with Gasteiger partial charge in [-0.05, 0) is 24.6 Å². The molecule has 0 aliphatic heterocycles. The first-order valence-electron chi connectivity index (χ1n) is 6.81. The molecule has 0 radical (unpaired) electrons. The molecule has 1 atom stereocenters. The fourth-order valence-corrected chi connectivity index (χ4v) is 2.41. The van der Waals surface area contributed by atoms with Crippen LogP contribution in [0.25, 0.3) is 0 Å². The predicted molar refractivity (Wildman–Crippen MR) is 84.1 cm³/mol. The van der Waals surface area contributed by atoms with E-state index in [0.717, 1.165) is 23.5 Å². The van der Waals surface area contributed by atoms with Gasteiger partial charge in [0.15, 0.2) is 0 Å². The topological polar surface area (TPSA) is 49.7 Å². The monoisotopic (exact) mass is 294 g/mol. The third-order valence-corrected chi connectivity index (χ3v) is 3.80. The fraction of sp³-hybridized carbons (Fsp3) is 0.500. The van der Waals surface area contributed by atoms with Gasteiger partial charge >= 0.3 is 0 Å². The first-order chi connectivity index (χ1) is 9.76. The van der Waals surface area contributed by atoms with Crippen LogP contribution in [0.15, 0.2) is 24.3 Å². The van der Waals surface area contributed by atoms with Gasteiger partial charge in [0.2, 0.25) is 0 Å². The van der Waals surface area contributed by atoms with Gasteiger partial charge in [-0.2, -0.15) is 11.8 Å². The zero-order chi connectivity index (χ0) is 14.6. The summed E-state index contributed by atoms with van der Waals surface area (Å²) in [7, 11) is 0. The maximum absolute atomic E-state index is 8.82. The Morgan fingerprint density at radius 2 is 2.15 bits per heavy atom. The molecule has 0 saturated carbocycles. The number of ether oxygens (including phenoxy) is 1. The van der Waals surface area contributed by atoms with Gasteiger partial charge in [-0.1, -0.05) is 24.8 Å².